The van der Waals surface area contributed by atoms with Gasteiger partial charge in [-0.2, -0.15) is 13.2 Å². The fourth-order valence-electron chi connectivity index (χ4n) is 5.04. The number of fused-ring (bicyclic) bond motifs is 1. The van der Waals surface area contributed by atoms with Crippen molar-refractivity contribution < 1.29 is 18.0 Å². The van der Waals surface area contributed by atoms with Crippen LogP contribution in [0.5, 0.6) is 0 Å². The zero-order valence-electron chi connectivity index (χ0n) is 19.1. The molecular formula is C28H25F3N2O. The minimum Gasteiger partial charge on any atom is -0.367 e. The van der Waals surface area contributed by atoms with Crippen molar-refractivity contribution in [3.8, 4) is 0 Å². The van der Waals surface area contributed by atoms with Gasteiger partial charge in [-0.05, 0) is 49.2 Å². The Morgan fingerprint density at radius 2 is 1.59 bits per heavy atom. The van der Waals surface area contributed by atoms with Crippen LogP contribution in [0, 0.1) is 6.92 Å². The molecule has 3 aromatic carbocycles. The number of nitrogens with zero attached hydrogens (tertiary/aromatic N) is 2. The Balaban J connectivity index is 1.53. The van der Waals surface area contributed by atoms with E-state index in [2.05, 4.69) is 47.9 Å². The van der Waals surface area contributed by atoms with Crippen molar-refractivity contribution in [2.45, 2.75) is 26.1 Å². The van der Waals surface area contributed by atoms with Gasteiger partial charge in [0, 0.05) is 42.5 Å². The summed E-state index contributed by atoms with van der Waals surface area (Å²) in [5, 5.41) is 0. The number of halogens is 3. The average molecular weight is 463 g/mol. The molecule has 0 aromatic heterocycles. The topological polar surface area (TPSA) is 23.6 Å². The summed E-state index contributed by atoms with van der Waals surface area (Å²) >= 11 is 0. The quantitative estimate of drug-likeness (QED) is 0.457. The number of Topliss-reactive ketones (excluding diaryl/α,β-unsaturated/α-hetero) is 1. The average Bonchev–Trinajstić information content (AvgIpc) is 3.11. The number of rotatable bonds is 3. The highest BCUT2D eigenvalue weighted by Gasteiger charge is 2.37. The Bertz CT molecular complexity index is 1280. The van der Waals surface area contributed by atoms with Gasteiger partial charge >= 0.3 is 6.18 Å². The fraction of sp³-hybridized carbons (Fsp3) is 0.250. The predicted octanol–water partition coefficient (Wildman–Crippen LogP) is 6.29. The third-order valence-corrected chi connectivity index (χ3v) is 6.67. The number of anilines is 1. The van der Waals surface area contributed by atoms with Crippen LogP contribution in [0.25, 0.3) is 11.3 Å². The number of alkyl halides is 3. The van der Waals surface area contributed by atoms with Gasteiger partial charge in [0.25, 0.3) is 0 Å². The molecule has 1 heterocycles. The molecule has 1 atom stereocenters. The number of hydrogen-bond acceptors (Lipinski definition) is 3. The molecule has 0 bridgehead atoms. The minimum atomic E-state index is -4.42. The van der Waals surface area contributed by atoms with E-state index in [1.807, 2.05) is 18.2 Å². The molecular weight excluding hydrogens is 437 g/mol. The van der Waals surface area contributed by atoms with Gasteiger partial charge < -0.3 is 9.80 Å². The number of benzene rings is 3. The van der Waals surface area contributed by atoms with E-state index in [0.29, 0.717) is 29.8 Å². The zero-order valence-corrected chi connectivity index (χ0v) is 19.1. The number of carbonyl (C=O) groups is 1. The Hall–Kier alpha value is -3.54. The third-order valence-electron chi connectivity index (χ3n) is 6.67. The SMILES string of the molecule is Cc1cccc(N2CCN(C3=C(c4ccc(C(F)(F)F)cc4)C(=O)c4ccccc43)C[C@@H]2C)c1. The summed E-state index contributed by atoms with van der Waals surface area (Å²) in [7, 11) is 0. The number of carbonyl (C=O) groups excluding carboxylic acids is 1. The van der Waals surface area contributed by atoms with Gasteiger partial charge in [0.1, 0.15) is 0 Å². The summed E-state index contributed by atoms with van der Waals surface area (Å²) < 4.78 is 39.3. The van der Waals surface area contributed by atoms with Crippen molar-refractivity contribution in [2.75, 3.05) is 24.5 Å². The van der Waals surface area contributed by atoms with Crippen LogP contribution >= 0.6 is 0 Å². The lowest BCUT2D eigenvalue weighted by Gasteiger charge is -2.43. The second kappa shape index (κ2) is 8.35. The van der Waals surface area contributed by atoms with E-state index in [0.717, 1.165) is 29.9 Å². The van der Waals surface area contributed by atoms with Crippen LogP contribution < -0.4 is 4.90 Å². The molecule has 3 nitrogen and oxygen atoms in total. The predicted molar refractivity (Wildman–Crippen MR) is 129 cm³/mol. The fourth-order valence-corrected chi connectivity index (χ4v) is 5.04. The van der Waals surface area contributed by atoms with E-state index >= 15 is 0 Å². The molecule has 0 N–H and O–H groups in total. The molecule has 0 unspecified atom stereocenters. The van der Waals surface area contributed by atoms with E-state index in [1.54, 1.807) is 6.07 Å². The maximum atomic E-state index is 13.4. The van der Waals surface area contributed by atoms with Crippen molar-refractivity contribution in [1.82, 2.24) is 4.90 Å². The Labute approximate surface area is 197 Å². The molecule has 0 amide bonds. The first-order valence-electron chi connectivity index (χ1n) is 11.4. The van der Waals surface area contributed by atoms with Crippen molar-refractivity contribution in [3.05, 3.63) is 101 Å². The number of ketones is 1. The van der Waals surface area contributed by atoms with Crippen molar-refractivity contribution in [2.24, 2.45) is 0 Å². The number of allylic oxidation sites excluding steroid dienone is 1. The maximum absolute atomic E-state index is 13.4. The molecule has 0 radical (unpaired) electrons. The second-order valence-electron chi connectivity index (χ2n) is 9.00. The van der Waals surface area contributed by atoms with Crippen LogP contribution in [-0.2, 0) is 6.18 Å². The van der Waals surface area contributed by atoms with E-state index < -0.39 is 11.7 Å². The molecule has 1 saturated heterocycles. The van der Waals surface area contributed by atoms with Crippen LogP contribution in [0.1, 0.15) is 39.5 Å². The monoisotopic (exact) mass is 462 g/mol. The molecule has 5 rings (SSSR count). The molecule has 3 aromatic rings. The summed E-state index contributed by atoms with van der Waals surface area (Å²) in [4.78, 5) is 18.0. The molecule has 0 saturated carbocycles. The first kappa shape index (κ1) is 22.3. The molecule has 0 spiro atoms. The lowest BCUT2D eigenvalue weighted by molar-refractivity contribution is -0.137. The molecule has 1 fully saturated rings. The lowest BCUT2D eigenvalue weighted by Crippen LogP contribution is -2.51. The summed E-state index contributed by atoms with van der Waals surface area (Å²) in [5.41, 5.74) is 4.91. The van der Waals surface area contributed by atoms with Crippen LogP contribution in [0.4, 0.5) is 18.9 Å². The number of piperazine rings is 1. The number of aryl methyl sites for hydroxylation is 1. The van der Waals surface area contributed by atoms with Gasteiger partial charge in [-0.25, -0.2) is 0 Å². The zero-order chi connectivity index (χ0) is 24.0. The van der Waals surface area contributed by atoms with E-state index in [4.69, 9.17) is 0 Å². The Morgan fingerprint density at radius 3 is 2.24 bits per heavy atom. The Kier molecular flexibility index (Phi) is 5.47. The maximum Gasteiger partial charge on any atom is 0.416 e. The van der Waals surface area contributed by atoms with Crippen molar-refractivity contribution in [3.63, 3.8) is 0 Å². The van der Waals surface area contributed by atoms with Gasteiger partial charge in [-0.3, -0.25) is 4.79 Å². The largest absolute Gasteiger partial charge is 0.416 e. The number of hydrogen-bond donors (Lipinski definition) is 0. The van der Waals surface area contributed by atoms with Gasteiger partial charge in [0.15, 0.2) is 5.78 Å². The van der Waals surface area contributed by atoms with Crippen molar-refractivity contribution in [1.29, 1.82) is 0 Å². The standard InChI is InChI=1S/C28H25F3N2O/c1-18-6-5-7-22(16-18)33-15-14-32(17-19(33)2)26-23-8-3-4-9-24(23)27(34)25(26)20-10-12-21(13-11-20)28(29,30)31/h3-13,16,19H,14-15,17H2,1-2H3/t19-/m0/s1. The molecule has 6 heteroatoms. The van der Waals surface area contributed by atoms with Gasteiger partial charge in [0.05, 0.1) is 16.8 Å². The van der Waals surface area contributed by atoms with Crippen LogP contribution in [0.2, 0.25) is 0 Å². The van der Waals surface area contributed by atoms with Gasteiger partial charge in [0.2, 0.25) is 0 Å². The highest BCUT2D eigenvalue weighted by atomic mass is 19.4. The normalized spacial score (nSPS) is 18.5. The smallest absolute Gasteiger partial charge is 0.367 e. The van der Waals surface area contributed by atoms with Gasteiger partial charge in [-0.15, -0.1) is 0 Å². The van der Waals surface area contributed by atoms with Crippen LogP contribution in [-0.4, -0.2) is 36.4 Å². The first-order chi connectivity index (χ1) is 16.2. The van der Waals surface area contributed by atoms with Crippen LogP contribution in [0.15, 0.2) is 72.8 Å². The lowest BCUT2D eigenvalue weighted by atomic mass is 9.99. The summed E-state index contributed by atoms with van der Waals surface area (Å²) in [6, 6.07) is 21.0. The minimum absolute atomic E-state index is 0.140. The van der Waals surface area contributed by atoms with Gasteiger partial charge in [-0.1, -0.05) is 48.5 Å². The van der Waals surface area contributed by atoms with Crippen LogP contribution in [0.3, 0.4) is 0 Å². The molecule has 174 valence electrons. The summed E-state index contributed by atoms with van der Waals surface area (Å²) in [6.45, 7) is 6.43. The second-order valence-corrected chi connectivity index (χ2v) is 9.00. The molecule has 1 aliphatic carbocycles. The molecule has 34 heavy (non-hydrogen) atoms. The third kappa shape index (κ3) is 3.87. The molecule has 2 aliphatic rings. The van der Waals surface area contributed by atoms with E-state index in [9.17, 15) is 18.0 Å². The highest BCUT2D eigenvalue weighted by molar-refractivity contribution is 6.39. The van der Waals surface area contributed by atoms with E-state index in [1.165, 1.54) is 23.4 Å². The molecule has 1 aliphatic heterocycles. The van der Waals surface area contributed by atoms with E-state index in [-0.39, 0.29) is 11.8 Å². The summed E-state index contributed by atoms with van der Waals surface area (Å²) in [5.74, 6) is -0.140. The summed E-state index contributed by atoms with van der Waals surface area (Å²) in [6.07, 6.45) is -4.42. The van der Waals surface area contributed by atoms with Crippen molar-refractivity contribution >= 4 is 22.7 Å². The highest BCUT2D eigenvalue weighted by Crippen LogP contribution is 2.42. The first-order valence-corrected chi connectivity index (χ1v) is 11.4. The Morgan fingerprint density at radius 1 is 0.882 bits per heavy atom.